The molecule has 1 aromatic rings. The molecule has 1 aromatic carbocycles. The van der Waals surface area contributed by atoms with E-state index in [9.17, 15) is 4.79 Å². The van der Waals surface area contributed by atoms with Crippen molar-refractivity contribution in [3.63, 3.8) is 0 Å². The minimum Gasteiger partial charge on any atom is -0.496 e. The zero-order valence-corrected chi connectivity index (χ0v) is 9.30. The molecule has 0 unspecified atom stereocenters. The maximum atomic E-state index is 11.5. The van der Waals surface area contributed by atoms with E-state index in [0.29, 0.717) is 11.4 Å². The molecule has 5 heteroatoms. The van der Waals surface area contributed by atoms with E-state index in [0.717, 1.165) is 0 Å². The molecule has 0 saturated heterocycles. The van der Waals surface area contributed by atoms with Crippen LogP contribution in [-0.2, 0) is 4.74 Å². The molecule has 4 nitrogen and oxygen atoms in total. The molecule has 2 N–H and O–H groups in total. The molecule has 0 amide bonds. The Kier molecular flexibility index (Phi) is 3.80. The molecule has 0 fully saturated rings. The van der Waals surface area contributed by atoms with Crippen LogP contribution in [0, 0.1) is 0 Å². The van der Waals surface area contributed by atoms with Crippen molar-refractivity contribution in [1.82, 2.24) is 0 Å². The topological polar surface area (TPSA) is 61.5 Å². The Balaban J connectivity index is 3.20. The number of benzene rings is 1. The van der Waals surface area contributed by atoms with Gasteiger partial charge in [0.2, 0.25) is 0 Å². The molecule has 0 bridgehead atoms. The van der Waals surface area contributed by atoms with Crippen LogP contribution in [0.5, 0.6) is 5.75 Å². The Hall–Kier alpha value is -1.42. The van der Waals surface area contributed by atoms with Crippen LogP contribution in [0.3, 0.4) is 0 Å². The van der Waals surface area contributed by atoms with Gasteiger partial charge < -0.3 is 15.2 Å². The molecule has 0 radical (unpaired) electrons. The lowest BCUT2D eigenvalue weighted by molar-refractivity contribution is 0.0523. The van der Waals surface area contributed by atoms with Crippen molar-refractivity contribution in [2.45, 2.75) is 6.92 Å². The SMILES string of the molecule is CCOC(=O)c1c(Cl)cc(N)cc1OC. The van der Waals surface area contributed by atoms with Gasteiger partial charge >= 0.3 is 5.97 Å². The van der Waals surface area contributed by atoms with Gasteiger partial charge in [-0.3, -0.25) is 0 Å². The van der Waals surface area contributed by atoms with Crippen LogP contribution < -0.4 is 10.5 Å². The summed E-state index contributed by atoms with van der Waals surface area (Å²) in [4.78, 5) is 11.5. The lowest BCUT2D eigenvalue weighted by atomic mass is 10.2. The molecule has 15 heavy (non-hydrogen) atoms. The first-order valence-corrected chi connectivity index (χ1v) is 4.78. The summed E-state index contributed by atoms with van der Waals surface area (Å²) in [5.41, 5.74) is 6.20. The van der Waals surface area contributed by atoms with E-state index >= 15 is 0 Å². The van der Waals surface area contributed by atoms with Gasteiger partial charge in [-0.05, 0) is 13.0 Å². The molecule has 0 atom stereocenters. The average Bonchev–Trinajstić information content (AvgIpc) is 2.16. The summed E-state index contributed by atoms with van der Waals surface area (Å²) in [6, 6.07) is 3.01. The van der Waals surface area contributed by atoms with Crippen LogP contribution in [0.25, 0.3) is 0 Å². The second-order valence-corrected chi connectivity index (χ2v) is 3.21. The van der Waals surface area contributed by atoms with Gasteiger partial charge in [-0.1, -0.05) is 11.6 Å². The van der Waals surface area contributed by atoms with Gasteiger partial charge in [0.15, 0.2) is 0 Å². The minimum absolute atomic E-state index is 0.204. The van der Waals surface area contributed by atoms with Crippen molar-refractivity contribution < 1.29 is 14.3 Å². The third kappa shape index (κ3) is 2.53. The quantitative estimate of drug-likeness (QED) is 0.637. The average molecular weight is 230 g/mol. The zero-order chi connectivity index (χ0) is 11.4. The Labute approximate surface area is 92.9 Å². The summed E-state index contributed by atoms with van der Waals surface area (Å²) in [6.45, 7) is 2.00. The molecule has 0 saturated carbocycles. The van der Waals surface area contributed by atoms with E-state index in [-0.39, 0.29) is 17.2 Å². The van der Waals surface area contributed by atoms with Crippen LogP contribution in [-0.4, -0.2) is 19.7 Å². The summed E-state index contributed by atoms with van der Waals surface area (Å²) >= 11 is 5.88. The lowest BCUT2D eigenvalue weighted by Crippen LogP contribution is -2.08. The molecule has 0 aliphatic heterocycles. The minimum atomic E-state index is -0.514. The lowest BCUT2D eigenvalue weighted by Gasteiger charge is -2.10. The Morgan fingerprint density at radius 1 is 1.53 bits per heavy atom. The largest absolute Gasteiger partial charge is 0.496 e. The number of esters is 1. The number of hydrogen-bond donors (Lipinski definition) is 1. The van der Waals surface area contributed by atoms with Crippen molar-refractivity contribution in [3.8, 4) is 5.75 Å². The summed E-state index contributed by atoms with van der Waals surface area (Å²) < 4.78 is 9.86. The first-order valence-electron chi connectivity index (χ1n) is 4.40. The highest BCUT2D eigenvalue weighted by Gasteiger charge is 2.18. The number of nitrogen functional groups attached to an aromatic ring is 1. The standard InChI is InChI=1S/C10H12ClNO3/c1-3-15-10(13)9-7(11)4-6(12)5-8(9)14-2/h4-5H,3,12H2,1-2H3. The maximum absolute atomic E-state index is 11.5. The number of ether oxygens (including phenoxy) is 2. The van der Waals surface area contributed by atoms with Crippen molar-refractivity contribution >= 4 is 23.3 Å². The van der Waals surface area contributed by atoms with Crippen molar-refractivity contribution in [2.24, 2.45) is 0 Å². The fourth-order valence-electron chi connectivity index (χ4n) is 1.16. The van der Waals surface area contributed by atoms with Crippen molar-refractivity contribution in [2.75, 3.05) is 19.5 Å². The highest BCUT2D eigenvalue weighted by molar-refractivity contribution is 6.34. The van der Waals surface area contributed by atoms with Gasteiger partial charge in [0.05, 0.1) is 18.7 Å². The fraction of sp³-hybridized carbons (Fsp3) is 0.300. The van der Waals surface area contributed by atoms with Gasteiger partial charge in [0, 0.05) is 11.8 Å². The summed E-state index contributed by atoms with van der Waals surface area (Å²) in [7, 11) is 1.44. The van der Waals surface area contributed by atoms with Crippen molar-refractivity contribution in [3.05, 3.63) is 22.7 Å². The number of carbonyl (C=O) groups is 1. The predicted molar refractivity (Wildman–Crippen MR) is 58.4 cm³/mol. The van der Waals surface area contributed by atoms with Gasteiger partial charge in [0.1, 0.15) is 11.3 Å². The van der Waals surface area contributed by atoms with Crippen LogP contribution >= 0.6 is 11.6 Å². The third-order valence-electron chi connectivity index (χ3n) is 1.78. The number of halogens is 1. The first kappa shape index (κ1) is 11.7. The Morgan fingerprint density at radius 2 is 2.20 bits per heavy atom. The predicted octanol–water partition coefficient (Wildman–Crippen LogP) is 2.11. The van der Waals surface area contributed by atoms with Gasteiger partial charge in [-0.15, -0.1) is 0 Å². The van der Waals surface area contributed by atoms with Gasteiger partial charge in [-0.25, -0.2) is 4.79 Å². The second kappa shape index (κ2) is 4.89. The van der Waals surface area contributed by atoms with E-state index in [2.05, 4.69) is 0 Å². The fourth-order valence-corrected chi connectivity index (χ4v) is 1.46. The number of rotatable bonds is 3. The summed E-state index contributed by atoms with van der Waals surface area (Å²) in [6.07, 6.45) is 0. The van der Waals surface area contributed by atoms with E-state index < -0.39 is 5.97 Å². The molecule has 0 aliphatic carbocycles. The molecule has 1 rings (SSSR count). The highest BCUT2D eigenvalue weighted by Crippen LogP contribution is 2.30. The molecular formula is C10H12ClNO3. The molecule has 0 aromatic heterocycles. The number of carbonyl (C=O) groups excluding carboxylic acids is 1. The molecular weight excluding hydrogens is 218 g/mol. The van der Waals surface area contributed by atoms with Crippen LogP contribution in [0.2, 0.25) is 5.02 Å². The van der Waals surface area contributed by atoms with Gasteiger partial charge in [-0.2, -0.15) is 0 Å². The van der Waals surface area contributed by atoms with E-state index in [1.807, 2.05) is 0 Å². The van der Waals surface area contributed by atoms with Crippen LogP contribution in [0.15, 0.2) is 12.1 Å². The summed E-state index contributed by atoms with van der Waals surface area (Å²) in [5, 5.41) is 0.227. The second-order valence-electron chi connectivity index (χ2n) is 2.80. The summed E-state index contributed by atoms with van der Waals surface area (Å²) in [5.74, 6) is -0.196. The van der Waals surface area contributed by atoms with Crippen LogP contribution in [0.1, 0.15) is 17.3 Å². The highest BCUT2D eigenvalue weighted by atomic mass is 35.5. The van der Waals surface area contributed by atoms with E-state index in [1.165, 1.54) is 19.2 Å². The first-order chi connectivity index (χ1) is 7.10. The van der Waals surface area contributed by atoms with E-state index in [4.69, 9.17) is 26.8 Å². The zero-order valence-electron chi connectivity index (χ0n) is 8.54. The van der Waals surface area contributed by atoms with Crippen molar-refractivity contribution in [1.29, 1.82) is 0 Å². The van der Waals surface area contributed by atoms with Gasteiger partial charge in [0.25, 0.3) is 0 Å². The molecule has 82 valence electrons. The number of hydrogen-bond acceptors (Lipinski definition) is 4. The van der Waals surface area contributed by atoms with E-state index in [1.54, 1.807) is 6.92 Å². The monoisotopic (exact) mass is 229 g/mol. The molecule has 0 heterocycles. The molecule has 0 aliphatic rings. The smallest absolute Gasteiger partial charge is 0.343 e. The number of nitrogens with two attached hydrogens (primary N) is 1. The molecule has 0 spiro atoms. The Bertz CT molecular complexity index is 379. The Morgan fingerprint density at radius 3 is 2.73 bits per heavy atom. The number of methoxy groups -OCH3 is 1. The third-order valence-corrected chi connectivity index (χ3v) is 2.07. The maximum Gasteiger partial charge on any atom is 0.343 e. The normalized spacial score (nSPS) is 9.80. The van der Waals surface area contributed by atoms with Crippen LogP contribution in [0.4, 0.5) is 5.69 Å². The number of anilines is 1.